The Kier molecular flexibility index (Phi) is 3.39. The molecule has 1 aliphatic rings. The lowest BCUT2D eigenvalue weighted by molar-refractivity contribution is 0.352. The zero-order chi connectivity index (χ0) is 14.2. The average molecular weight is 265 g/mol. The Bertz CT molecular complexity index is 586. The van der Waals surface area contributed by atoms with Crippen LogP contribution in [0.15, 0.2) is 54.6 Å². The fourth-order valence-electron chi connectivity index (χ4n) is 3.26. The third-order valence-corrected chi connectivity index (χ3v) is 4.94. The van der Waals surface area contributed by atoms with Gasteiger partial charge in [0.15, 0.2) is 0 Å². The first-order valence-corrected chi connectivity index (χ1v) is 7.48. The highest BCUT2D eigenvalue weighted by molar-refractivity contribution is 5.40. The van der Waals surface area contributed by atoms with Crippen LogP contribution < -0.4 is 5.73 Å². The van der Waals surface area contributed by atoms with E-state index in [0.29, 0.717) is 5.92 Å². The molecular weight excluding hydrogens is 242 g/mol. The number of fused-ring (bicyclic) bond motifs is 1. The fraction of sp³-hybridized carbons (Fsp3) is 0.368. The van der Waals surface area contributed by atoms with Crippen LogP contribution in [0.5, 0.6) is 0 Å². The van der Waals surface area contributed by atoms with Gasteiger partial charge >= 0.3 is 0 Å². The molecule has 2 aromatic carbocycles. The Hall–Kier alpha value is -1.60. The molecule has 0 amide bonds. The first kappa shape index (κ1) is 13.4. The monoisotopic (exact) mass is 265 g/mol. The molecule has 20 heavy (non-hydrogen) atoms. The second-order valence-corrected chi connectivity index (χ2v) is 6.53. The van der Waals surface area contributed by atoms with Gasteiger partial charge in [-0.15, -0.1) is 0 Å². The highest BCUT2D eigenvalue weighted by atomic mass is 14.7. The molecule has 0 aromatic heterocycles. The largest absolute Gasteiger partial charge is 0.327 e. The normalized spacial score (nSPS) is 19.1. The van der Waals surface area contributed by atoms with Crippen LogP contribution in [0.3, 0.4) is 0 Å². The molecule has 0 fully saturated rings. The summed E-state index contributed by atoms with van der Waals surface area (Å²) in [5, 5.41) is 0. The molecule has 0 saturated carbocycles. The van der Waals surface area contributed by atoms with Crippen LogP contribution in [0.2, 0.25) is 0 Å². The van der Waals surface area contributed by atoms with Crippen molar-refractivity contribution in [2.75, 3.05) is 0 Å². The van der Waals surface area contributed by atoms with Crippen LogP contribution in [-0.2, 0) is 11.8 Å². The predicted octanol–water partition coefficient (Wildman–Crippen LogP) is 4.02. The van der Waals surface area contributed by atoms with Crippen molar-refractivity contribution in [2.45, 2.75) is 44.1 Å². The molecule has 0 aliphatic heterocycles. The minimum absolute atomic E-state index is 0.0196. The van der Waals surface area contributed by atoms with Crippen molar-refractivity contribution in [3.8, 4) is 0 Å². The number of benzene rings is 2. The van der Waals surface area contributed by atoms with Gasteiger partial charge in [-0.25, -0.2) is 0 Å². The topological polar surface area (TPSA) is 26.0 Å². The zero-order valence-electron chi connectivity index (χ0n) is 12.3. The maximum Gasteiger partial charge on any atom is 0.0137 e. The van der Waals surface area contributed by atoms with Crippen LogP contribution >= 0.6 is 0 Å². The fourth-order valence-corrected chi connectivity index (χ4v) is 3.26. The lowest BCUT2D eigenvalue weighted by Gasteiger charge is -2.38. The van der Waals surface area contributed by atoms with E-state index in [1.807, 2.05) is 0 Å². The van der Waals surface area contributed by atoms with Gasteiger partial charge in [0.1, 0.15) is 0 Å². The standard InChI is InChI=1S/C19H23N/c1-19(2,16-9-4-3-5-10-16)18(20)13-15-12-14-8-6-7-11-17(14)15/h3-11,15,18H,12-13,20H2,1-2H3. The minimum Gasteiger partial charge on any atom is -0.327 e. The van der Waals surface area contributed by atoms with Gasteiger partial charge in [0.05, 0.1) is 0 Å². The number of hydrogen-bond acceptors (Lipinski definition) is 1. The van der Waals surface area contributed by atoms with Crippen LogP contribution in [0.25, 0.3) is 0 Å². The average Bonchev–Trinajstić information content (AvgIpc) is 2.45. The molecule has 2 unspecified atom stereocenters. The van der Waals surface area contributed by atoms with Gasteiger partial charge < -0.3 is 5.73 Å². The zero-order valence-corrected chi connectivity index (χ0v) is 12.3. The van der Waals surface area contributed by atoms with Crippen LogP contribution in [0.4, 0.5) is 0 Å². The molecule has 0 radical (unpaired) electrons. The van der Waals surface area contributed by atoms with E-state index in [0.717, 1.165) is 6.42 Å². The van der Waals surface area contributed by atoms with E-state index in [1.165, 1.54) is 23.1 Å². The molecule has 3 rings (SSSR count). The Morgan fingerprint density at radius 3 is 2.40 bits per heavy atom. The Balaban J connectivity index is 1.73. The summed E-state index contributed by atoms with van der Waals surface area (Å²) in [4.78, 5) is 0. The Morgan fingerprint density at radius 2 is 1.70 bits per heavy atom. The van der Waals surface area contributed by atoms with Gasteiger partial charge in [-0.1, -0.05) is 68.4 Å². The first-order valence-electron chi connectivity index (χ1n) is 7.48. The smallest absolute Gasteiger partial charge is 0.0137 e. The van der Waals surface area contributed by atoms with E-state index in [2.05, 4.69) is 68.4 Å². The number of rotatable bonds is 4. The summed E-state index contributed by atoms with van der Waals surface area (Å²) < 4.78 is 0. The number of nitrogens with two attached hydrogens (primary N) is 1. The highest BCUT2D eigenvalue weighted by Crippen LogP contribution is 2.40. The Labute approximate surface area is 121 Å². The minimum atomic E-state index is 0.0196. The molecule has 0 spiro atoms. The molecule has 2 N–H and O–H groups in total. The molecule has 2 atom stereocenters. The summed E-state index contributed by atoms with van der Waals surface area (Å²) in [6.45, 7) is 4.52. The van der Waals surface area contributed by atoms with Gasteiger partial charge in [-0.2, -0.15) is 0 Å². The van der Waals surface area contributed by atoms with E-state index >= 15 is 0 Å². The second-order valence-electron chi connectivity index (χ2n) is 6.53. The SMILES string of the molecule is CC(C)(c1ccccc1)C(N)CC1Cc2ccccc21. The van der Waals surface area contributed by atoms with Crippen LogP contribution in [0.1, 0.15) is 42.9 Å². The maximum atomic E-state index is 6.55. The predicted molar refractivity (Wildman–Crippen MR) is 84.9 cm³/mol. The summed E-state index contributed by atoms with van der Waals surface area (Å²) in [6.07, 6.45) is 2.26. The van der Waals surface area contributed by atoms with Gasteiger partial charge in [0.2, 0.25) is 0 Å². The molecule has 1 nitrogen and oxygen atoms in total. The van der Waals surface area contributed by atoms with E-state index in [1.54, 1.807) is 0 Å². The van der Waals surface area contributed by atoms with Gasteiger partial charge in [0.25, 0.3) is 0 Å². The molecule has 0 bridgehead atoms. The lowest BCUT2D eigenvalue weighted by Crippen LogP contribution is -2.43. The van der Waals surface area contributed by atoms with Crippen LogP contribution in [-0.4, -0.2) is 6.04 Å². The van der Waals surface area contributed by atoms with Gasteiger partial charge in [-0.05, 0) is 35.4 Å². The van der Waals surface area contributed by atoms with E-state index < -0.39 is 0 Å². The molecule has 0 heterocycles. The van der Waals surface area contributed by atoms with Gasteiger partial charge in [0, 0.05) is 11.5 Å². The van der Waals surface area contributed by atoms with Crippen molar-refractivity contribution >= 4 is 0 Å². The van der Waals surface area contributed by atoms with E-state index in [-0.39, 0.29) is 11.5 Å². The first-order chi connectivity index (χ1) is 9.59. The molecular formula is C19H23N. The van der Waals surface area contributed by atoms with Crippen molar-refractivity contribution in [1.29, 1.82) is 0 Å². The molecule has 0 saturated heterocycles. The van der Waals surface area contributed by atoms with Crippen LogP contribution in [0, 0.1) is 0 Å². The van der Waals surface area contributed by atoms with E-state index in [9.17, 15) is 0 Å². The summed E-state index contributed by atoms with van der Waals surface area (Å²) in [5.41, 5.74) is 10.9. The molecule has 1 aliphatic carbocycles. The van der Waals surface area contributed by atoms with Gasteiger partial charge in [-0.3, -0.25) is 0 Å². The lowest BCUT2D eigenvalue weighted by atomic mass is 9.69. The summed E-state index contributed by atoms with van der Waals surface area (Å²) >= 11 is 0. The summed E-state index contributed by atoms with van der Waals surface area (Å²) in [7, 11) is 0. The molecule has 104 valence electrons. The molecule has 1 heteroatoms. The summed E-state index contributed by atoms with van der Waals surface area (Å²) in [5.74, 6) is 0.643. The van der Waals surface area contributed by atoms with Crippen molar-refractivity contribution in [3.63, 3.8) is 0 Å². The van der Waals surface area contributed by atoms with Crippen molar-refractivity contribution < 1.29 is 0 Å². The molecule has 2 aromatic rings. The quantitative estimate of drug-likeness (QED) is 0.887. The number of hydrogen-bond donors (Lipinski definition) is 1. The highest BCUT2D eigenvalue weighted by Gasteiger charge is 2.34. The maximum absolute atomic E-state index is 6.55. The van der Waals surface area contributed by atoms with E-state index in [4.69, 9.17) is 5.73 Å². The van der Waals surface area contributed by atoms with Crippen molar-refractivity contribution in [3.05, 3.63) is 71.3 Å². The second kappa shape index (κ2) is 5.06. The third kappa shape index (κ3) is 2.27. The summed E-state index contributed by atoms with van der Waals surface area (Å²) in [6, 6.07) is 19.6. The van der Waals surface area contributed by atoms with Crippen molar-refractivity contribution in [2.24, 2.45) is 5.73 Å². The Morgan fingerprint density at radius 1 is 1.05 bits per heavy atom. The third-order valence-electron chi connectivity index (χ3n) is 4.94. The van der Waals surface area contributed by atoms with Crippen molar-refractivity contribution in [1.82, 2.24) is 0 Å².